The molecule has 0 bridgehead atoms. The molecule has 0 spiro atoms. The number of aromatic amines is 1. The Hall–Kier alpha value is -2.95. The van der Waals surface area contributed by atoms with Crippen molar-refractivity contribution in [2.75, 3.05) is 0 Å². The molecule has 0 amide bonds. The summed E-state index contributed by atoms with van der Waals surface area (Å²) in [5.41, 5.74) is 3.86. The fourth-order valence-electron chi connectivity index (χ4n) is 2.58. The first-order valence-electron chi connectivity index (χ1n) is 6.66. The van der Waals surface area contributed by atoms with Crippen molar-refractivity contribution in [2.24, 2.45) is 0 Å². The third-order valence-corrected chi connectivity index (χ3v) is 3.60. The summed E-state index contributed by atoms with van der Waals surface area (Å²) < 4.78 is 6.04. The molecule has 1 N–H and O–H groups in total. The van der Waals surface area contributed by atoms with Gasteiger partial charge in [0.05, 0.1) is 0 Å². The van der Waals surface area contributed by atoms with Gasteiger partial charge in [0.25, 0.3) is 0 Å². The molecule has 0 atom stereocenters. The average molecular weight is 276 g/mol. The highest BCUT2D eigenvalue weighted by Gasteiger charge is 2.17. The number of aryl methyl sites for hydroxylation is 1. The Balaban J connectivity index is 2.00. The van der Waals surface area contributed by atoms with Crippen molar-refractivity contribution in [1.82, 2.24) is 20.6 Å². The van der Waals surface area contributed by atoms with Crippen LogP contribution in [-0.2, 0) is 0 Å². The SMILES string of the molecule is Cc1c(-c2ccccc2-c2nn[nH]n2)oc2ccccc12. The number of nitrogens with one attached hydrogen (secondary N) is 1. The van der Waals surface area contributed by atoms with E-state index in [0.29, 0.717) is 5.82 Å². The van der Waals surface area contributed by atoms with E-state index in [1.165, 1.54) is 0 Å². The van der Waals surface area contributed by atoms with E-state index in [0.717, 1.165) is 33.4 Å². The van der Waals surface area contributed by atoms with Crippen molar-refractivity contribution in [3.8, 4) is 22.7 Å². The largest absolute Gasteiger partial charge is 0.456 e. The van der Waals surface area contributed by atoms with Crippen molar-refractivity contribution < 1.29 is 4.42 Å². The zero-order chi connectivity index (χ0) is 14.2. The van der Waals surface area contributed by atoms with Crippen molar-refractivity contribution in [3.05, 3.63) is 54.1 Å². The maximum atomic E-state index is 6.04. The molecule has 0 unspecified atom stereocenters. The Bertz CT molecular complexity index is 909. The van der Waals surface area contributed by atoms with Gasteiger partial charge < -0.3 is 4.42 Å². The summed E-state index contributed by atoms with van der Waals surface area (Å²) in [7, 11) is 0. The lowest BCUT2D eigenvalue weighted by atomic mass is 10.0. The first kappa shape index (κ1) is 11.8. The second-order valence-corrected chi connectivity index (χ2v) is 4.83. The molecule has 21 heavy (non-hydrogen) atoms. The van der Waals surface area contributed by atoms with Crippen LogP contribution in [0.3, 0.4) is 0 Å². The Morgan fingerprint density at radius 2 is 1.71 bits per heavy atom. The smallest absolute Gasteiger partial charge is 0.205 e. The van der Waals surface area contributed by atoms with E-state index in [4.69, 9.17) is 4.42 Å². The second kappa shape index (κ2) is 4.56. The van der Waals surface area contributed by atoms with Crippen LogP contribution in [0.1, 0.15) is 5.56 Å². The quantitative estimate of drug-likeness (QED) is 0.607. The minimum absolute atomic E-state index is 0.561. The van der Waals surface area contributed by atoms with Gasteiger partial charge in [-0.3, -0.25) is 0 Å². The van der Waals surface area contributed by atoms with E-state index in [9.17, 15) is 0 Å². The van der Waals surface area contributed by atoms with Crippen LogP contribution in [0.4, 0.5) is 0 Å². The molecule has 0 radical (unpaired) electrons. The highest BCUT2D eigenvalue weighted by Crippen LogP contribution is 2.37. The maximum Gasteiger partial charge on any atom is 0.205 e. The molecular formula is C16H12N4O. The van der Waals surface area contributed by atoms with E-state index in [1.54, 1.807) is 0 Å². The van der Waals surface area contributed by atoms with Gasteiger partial charge in [0, 0.05) is 22.1 Å². The first-order chi connectivity index (χ1) is 10.3. The minimum atomic E-state index is 0.561. The first-order valence-corrected chi connectivity index (χ1v) is 6.66. The van der Waals surface area contributed by atoms with E-state index in [2.05, 4.69) is 33.6 Å². The molecule has 2 aromatic carbocycles. The summed E-state index contributed by atoms with van der Waals surface area (Å²) in [6.45, 7) is 2.06. The zero-order valence-electron chi connectivity index (χ0n) is 11.4. The Labute approximate surface area is 120 Å². The summed E-state index contributed by atoms with van der Waals surface area (Å²) in [5.74, 6) is 1.40. The third-order valence-electron chi connectivity index (χ3n) is 3.60. The number of hydrogen-bond acceptors (Lipinski definition) is 4. The van der Waals surface area contributed by atoms with Crippen LogP contribution in [0.25, 0.3) is 33.7 Å². The van der Waals surface area contributed by atoms with Crippen molar-refractivity contribution in [1.29, 1.82) is 0 Å². The summed E-state index contributed by atoms with van der Waals surface area (Å²) >= 11 is 0. The summed E-state index contributed by atoms with van der Waals surface area (Å²) in [6, 6.07) is 15.9. The van der Waals surface area contributed by atoms with Crippen LogP contribution in [0, 0.1) is 6.92 Å². The molecule has 0 aliphatic heterocycles. The molecule has 0 aliphatic carbocycles. The number of nitrogens with zero attached hydrogens (tertiary/aromatic N) is 3. The monoisotopic (exact) mass is 276 g/mol. The molecule has 2 aromatic heterocycles. The van der Waals surface area contributed by atoms with Gasteiger partial charge in [0.1, 0.15) is 11.3 Å². The lowest BCUT2D eigenvalue weighted by molar-refractivity contribution is 0.629. The molecule has 4 rings (SSSR count). The molecule has 0 saturated carbocycles. The summed E-state index contributed by atoms with van der Waals surface area (Å²) in [4.78, 5) is 0. The van der Waals surface area contributed by atoms with Gasteiger partial charge in [0.15, 0.2) is 0 Å². The molecule has 5 nitrogen and oxygen atoms in total. The number of fused-ring (bicyclic) bond motifs is 1. The van der Waals surface area contributed by atoms with Crippen molar-refractivity contribution in [2.45, 2.75) is 6.92 Å². The zero-order valence-corrected chi connectivity index (χ0v) is 11.4. The molecule has 0 aliphatic rings. The maximum absolute atomic E-state index is 6.04. The summed E-state index contributed by atoms with van der Waals surface area (Å²) in [5, 5.41) is 15.4. The van der Waals surface area contributed by atoms with Crippen LogP contribution in [0.2, 0.25) is 0 Å². The van der Waals surface area contributed by atoms with Crippen LogP contribution < -0.4 is 0 Å². The van der Waals surface area contributed by atoms with Crippen LogP contribution in [0.5, 0.6) is 0 Å². The molecule has 102 valence electrons. The number of benzene rings is 2. The average Bonchev–Trinajstić information content (AvgIpc) is 3.16. The normalized spacial score (nSPS) is 11.1. The standard InChI is InChI=1S/C16H12N4O/c1-10-11-6-4-5-9-14(11)21-15(10)12-7-2-3-8-13(12)16-17-19-20-18-16/h2-9H,1H3,(H,17,18,19,20). The van der Waals surface area contributed by atoms with Gasteiger partial charge in [-0.15, -0.1) is 10.2 Å². The lowest BCUT2D eigenvalue weighted by Gasteiger charge is -2.04. The van der Waals surface area contributed by atoms with E-state index in [1.807, 2.05) is 42.5 Å². The number of rotatable bonds is 2. The van der Waals surface area contributed by atoms with Gasteiger partial charge in [-0.25, -0.2) is 0 Å². The van der Waals surface area contributed by atoms with Crippen molar-refractivity contribution in [3.63, 3.8) is 0 Å². The Morgan fingerprint density at radius 3 is 2.48 bits per heavy atom. The third kappa shape index (κ3) is 1.82. The highest BCUT2D eigenvalue weighted by atomic mass is 16.3. The number of hydrogen-bond donors (Lipinski definition) is 1. The number of furan rings is 1. The van der Waals surface area contributed by atoms with Crippen molar-refractivity contribution >= 4 is 11.0 Å². The van der Waals surface area contributed by atoms with E-state index >= 15 is 0 Å². The lowest BCUT2D eigenvalue weighted by Crippen LogP contribution is -1.87. The number of para-hydroxylation sites is 1. The molecule has 4 aromatic rings. The Kier molecular flexibility index (Phi) is 2.57. The summed E-state index contributed by atoms with van der Waals surface area (Å²) in [6.07, 6.45) is 0. The number of H-pyrrole nitrogens is 1. The molecular weight excluding hydrogens is 264 g/mol. The Morgan fingerprint density at radius 1 is 0.952 bits per heavy atom. The fourth-order valence-corrected chi connectivity index (χ4v) is 2.58. The van der Waals surface area contributed by atoms with Gasteiger partial charge in [-0.1, -0.05) is 42.5 Å². The van der Waals surface area contributed by atoms with Crippen LogP contribution in [-0.4, -0.2) is 20.6 Å². The van der Waals surface area contributed by atoms with E-state index in [-0.39, 0.29) is 0 Å². The van der Waals surface area contributed by atoms with Crippen LogP contribution >= 0.6 is 0 Å². The molecule has 0 saturated heterocycles. The second-order valence-electron chi connectivity index (χ2n) is 4.83. The van der Waals surface area contributed by atoms with Gasteiger partial charge >= 0.3 is 0 Å². The minimum Gasteiger partial charge on any atom is -0.456 e. The van der Waals surface area contributed by atoms with Gasteiger partial charge in [0.2, 0.25) is 5.82 Å². The van der Waals surface area contributed by atoms with Gasteiger partial charge in [-0.2, -0.15) is 5.21 Å². The highest BCUT2D eigenvalue weighted by molar-refractivity contribution is 5.90. The number of tetrazole rings is 1. The molecule has 0 fully saturated rings. The predicted octanol–water partition coefficient (Wildman–Crippen LogP) is 3.59. The van der Waals surface area contributed by atoms with Gasteiger partial charge in [-0.05, 0) is 18.2 Å². The predicted molar refractivity (Wildman–Crippen MR) is 79.6 cm³/mol. The molecule has 5 heteroatoms. The molecule has 2 heterocycles. The van der Waals surface area contributed by atoms with E-state index < -0.39 is 0 Å². The fraction of sp³-hybridized carbons (Fsp3) is 0.0625. The van der Waals surface area contributed by atoms with Crippen LogP contribution in [0.15, 0.2) is 52.9 Å². The topological polar surface area (TPSA) is 67.6 Å². The number of aromatic nitrogens is 4.